The maximum atomic E-state index is 12.3. The molecule has 0 radical (unpaired) electrons. The lowest BCUT2D eigenvalue weighted by Gasteiger charge is -2.15. The first-order chi connectivity index (χ1) is 10.5. The average Bonchev–Trinajstić information content (AvgIpc) is 2.99. The number of carboxylic acids is 1. The van der Waals surface area contributed by atoms with Gasteiger partial charge in [0.1, 0.15) is 11.5 Å². The van der Waals surface area contributed by atoms with E-state index in [0.717, 1.165) is 0 Å². The smallest absolute Gasteiger partial charge is 0.306 e. The minimum Gasteiger partial charge on any atom is -0.497 e. The second-order valence-electron chi connectivity index (χ2n) is 5.33. The summed E-state index contributed by atoms with van der Waals surface area (Å²) in [6, 6.07) is 5.20. The van der Waals surface area contributed by atoms with Crippen LogP contribution < -0.4 is 14.8 Å². The third-order valence-electron chi connectivity index (χ3n) is 3.90. The number of hydrogen-bond donors (Lipinski definition) is 2. The number of methoxy groups -OCH3 is 1. The van der Waals surface area contributed by atoms with Gasteiger partial charge in [-0.05, 0) is 38.3 Å². The van der Waals surface area contributed by atoms with Gasteiger partial charge in [-0.25, -0.2) is 0 Å². The number of carbonyl (C=O) groups excluding carboxylic acids is 1. The van der Waals surface area contributed by atoms with Crippen LogP contribution in [0.3, 0.4) is 0 Å². The second-order valence-corrected chi connectivity index (χ2v) is 5.33. The minimum absolute atomic E-state index is 0.169. The molecule has 0 unspecified atom stereocenters. The van der Waals surface area contributed by atoms with Gasteiger partial charge in [0.05, 0.1) is 25.3 Å². The molecule has 22 heavy (non-hydrogen) atoms. The van der Waals surface area contributed by atoms with Crippen LogP contribution in [0.15, 0.2) is 18.2 Å². The number of nitrogens with one attached hydrogen (secondary N) is 1. The molecule has 1 aliphatic carbocycles. The van der Waals surface area contributed by atoms with E-state index in [-0.39, 0.29) is 11.8 Å². The van der Waals surface area contributed by atoms with Gasteiger partial charge in [0, 0.05) is 12.0 Å². The van der Waals surface area contributed by atoms with Crippen LogP contribution in [0, 0.1) is 11.8 Å². The number of anilines is 1. The van der Waals surface area contributed by atoms with Crippen LogP contribution in [-0.2, 0) is 9.59 Å². The largest absolute Gasteiger partial charge is 0.497 e. The van der Waals surface area contributed by atoms with Gasteiger partial charge in [0.2, 0.25) is 5.91 Å². The van der Waals surface area contributed by atoms with E-state index in [4.69, 9.17) is 14.6 Å². The first kappa shape index (κ1) is 16.1. The number of hydrogen-bond acceptors (Lipinski definition) is 4. The summed E-state index contributed by atoms with van der Waals surface area (Å²) < 4.78 is 10.7. The lowest BCUT2D eigenvalue weighted by Crippen LogP contribution is -2.22. The van der Waals surface area contributed by atoms with Crippen molar-refractivity contribution in [3.05, 3.63) is 18.2 Å². The minimum atomic E-state index is -0.827. The molecule has 6 nitrogen and oxygen atoms in total. The molecule has 1 amide bonds. The lowest BCUT2D eigenvalue weighted by atomic mass is 10.0. The number of carboxylic acid groups (broad SMARTS) is 1. The van der Waals surface area contributed by atoms with Crippen LogP contribution in [0.2, 0.25) is 0 Å². The van der Waals surface area contributed by atoms with Crippen molar-refractivity contribution in [2.75, 3.05) is 19.0 Å². The Morgan fingerprint density at radius 3 is 2.64 bits per heavy atom. The third-order valence-corrected chi connectivity index (χ3v) is 3.90. The van der Waals surface area contributed by atoms with E-state index in [1.165, 1.54) is 0 Å². The fraction of sp³-hybridized carbons (Fsp3) is 0.500. The van der Waals surface area contributed by atoms with Crippen molar-refractivity contribution in [2.45, 2.75) is 26.2 Å². The van der Waals surface area contributed by atoms with Crippen LogP contribution in [0.25, 0.3) is 0 Å². The second kappa shape index (κ2) is 7.15. The summed E-state index contributed by atoms with van der Waals surface area (Å²) in [5, 5.41) is 11.9. The molecule has 1 aromatic carbocycles. The fourth-order valence-corrected chi connectivity index (χ4v) is 2.69. The molecule has 2 N–H and O–H groups in total. The van der Waals surface area contributed by atoms with Crippen molar-refractivity contribution in [3.63, 3.8) is 0 Å². The SMILES string of the molecule is CCOc1ccc(OC)cc1NC(=O)[C@@H]1CC[C@H](C(=O)O)C1. The number of amides is 1. The number of rotatable bonds is 6. The highest BCUT2D eigenvalue weighted by Crippen LogP contribution is 2.34. The van der Waals surface area contributed by atoms with Crippen molar-refractivity contribution in [2.24, 2.45) is 11.8 Å². The highest BCUT2D eigenvalue weighted by atomic mass is 16.5. The Labute approximate surface area is 129 Å². The van der Waals surface area contributed by atoms with E-state index < -0.39 is 11.9 Å². The highest BCUT2D eigenvalue weighted by molar-refractivity contribution is 5.94. The Hall–Kier alpha value is -2.24. The van der Waals surface area contributed by atoms with Crippen LogP contribution >= 0.6 is 0 Å². The Balaban J connectivity index is 2.09. The maximum absolute atomic E-state index is 12.3. The van der Waals surface area contributed by atoms with Gasteiger partial charge >= 0.3 is 5.97 Å². The van der Waals surface area contributed by atoms with Gasteiger partial charge in [-0.15, -0.1) is 0 Å². The van der Waals surface area contributed by atoms with Gasteiger partial charge in [-0.3, -0.25) is 9.59 Å². The van der Waals surface area contributed by atoms with Crippen molar-refractivity contribution in [3.8, 4) is 11.5 Å². The normalized spacial score (nSPS) is 20.5. The quantitative estimate of drug-likeness (QED) is 0.843. The molecular weight excluding hydrogens is 286 g/mol. The van der Waals surface area contributed by atoms with E-state index in [0.29, 0.717) is 43.1 Å². The van der Waals surface area contributed by atoms with Crippen molar-refractivity contribution >= 4 is 17.6 Å². The summed E-state index contributed by atoms with van der Waals surface area (Å²) in [5.74, 6) is -0.503. The van der Waals surface area contributed by atoms with Crippen LogP contribution in [-0.4, -0.2) is 30.7 Å². The summed E-state index contributed by atoms with van der Waals surface area (Å²) in [5.41, 5.74) is 0.546. The predicted octanol–water partition coefficient (Wildman–Crippen LogP) is 2.53. The molecule has 6 heteroatoms. The molecule has 2 atom stereocenters. The molecule has 1 saturated carbocycles. The predicted molar refractivity (Wildman–Crippen MR) is 81.3 cm³/mol. The topological polar surface area (TPSA) is 84.9 Å². The zero-order chi connectivity index (χ0) is 16.1. The molecule has 0 aliphatic heterocycles. The van der Waals surface area contributed by atoms with Crippen molar-refractivity contribution in [1.82, 2.24) is 0 Å². The van der Waals surface area contributed by atoms with Crippen molar-refractivity contribution < 1.29 is 24.2 Å². The van der Waals surface area contributed by atoms with Gasteiger partial charge in [0.25, 0.3) is 0 Å². The zero-order valence-electron chi connectivity index (χ0n) is 12.8. The summed E-state index contributed by atoms with van der Waals surface area (Å²) in [6.07, 6.45) is 1.52. The standard InChI is InChI=1S/C16H21NO5/c1-3-22-14-7-6-12(21-2)9-13(14)17-15(18)10-4-5-11(8-10)16(19)20/h6-7,9-11H,3-5,8H2,1-2H3,(H,17,18)(H,19,20)/t10-,11+/m1/s1. The van der Waals surface area contributed by atoms with Gasteiger partial charge < -0.3 is 19.9 Å². The average molecular weight is 307 g/mol. The molecule has 0 bridgehead atoms. The first-order valence-corrected chi connectivity index (χ1v) is 7.39. The van der Waals surface area contributed by atoms with Gasteiger partial charge in [-0.1, -0.05) is 0 Å². The first-order valence-electron chi connectivity index (χ1n) is 7.39. The summed E-state index contributed by atoms with van der Waals surface area (Å²) in [6.45, 7) is 2.35. The summed E-state index contributed by atoms with van der Waals surface area (Å²) in [4.78, 5) is 23.3. The molecule has 1 aliphatic rings. The molecular formula is C16H21NO5. The molecule has 1 aromatic rings. The van der Waals surface area contributed by atoms with E-state index in [9.17, 15) is 9.59 Å². The number of ether oxygens (including phenoxy) is 2. The zero-order valence-corrected chi connectivity index (χ0v) is 12.8. The van der Waals surface area contributed by atoms with Crippen molar-refractivity contribution in [1.29, 1.82) is 0 Å². The fourth-order valence-electron chi connectivity index (χ4n) is 2.69. The van der Waals surface area contributed by atoms with Gasteiger partial charge in [-0.2, -0.15) is 0 Å². The Morgan fingerprint density at radius 1 is 1.32 bits per heavy atom. The van der Waals surface area contributed by atoms with Crippen LogP contribution in [0.4, 0.5) is 5.69 Å². The lowest BCUT2D eigenvalue weighted by molar-refractivity contribution is -0.141. The Morgan fingerprint density at radius 2 is 2.05 bits per heavy atom. The van der Waals surface area contributed by atoms with E-state index in [1.807, 2.05) is 6.92 Å². The summed E-state index contributed by atoms with van der Waals surface area (Å²) >= 11 is 0. The Bertz CT molecular complexity index is 557. The molecule has 0 spiro atoms. The van der Waals surface area contributed by atoms with Crippen LogP contribution in [0.5, 0.6) is 11.5 Å². The van der Waals surface area contributed by atoms with E-state index >= 15 is 0 Å². The maximum Gasteiger partial charge on any atom is 0.306 e. The highest BCUT2D eigenvalue weighted by Gasteiger charge is 2.34. The molecule has 0 aromatic heterocycles. The molecule has 120 valence electrons. The number of carbonyl (C=O) groups is 2. The molecule has 2 rings (SSSR count). The summed E-state index contributed by atoms with van der Waals surface area (Å²) in [7, 11) is 1.55. The van der Waals surface area contributed by atoms with E-state index in [1.54, 1.807) is 25.3 Å². The van der Waals surface area contributed by atoms with Gasteiger partial charge in [0.15, 0.2) is 0 Å². The molecule has 0 heterocycles. The monoisotopic (exact) mass is 307 g/mol. The third kappa shape index (κ3) is 3.69. The van der Waals surface area contributed by atoms with Crippen LogP contribution in [0.1, 0.15) is 26.2 Å². The molecule has 1 fully saturated rings. The number of benzene rings is 1. The Kier molecular flexibility index (Phi) is 5.25. The number of aliphatic carboxylic acids is 1. The van der Waals surface area contributed by atoms with E-state index in [2.05, 4.69) is 5.32 Å². The molecule has 0 saturated heterocycles.